The summed E-state index contributed by atoms with van der Waals surface area (Å²) in [6.45, 7) is 0. The zero-order valence-electron chi connectivity index (χ0n) is 9.14. The number of ketones is 2. The molecule has 0 aliphatic heterocycles. The average molecular weight is 322 g/mol. The molecule has 0 N–H and O–H groups in total. The first-order valence-electron chi connectivity index (χ1n) is 5.34. The third kappa shape index (κ3) is 1.56. The molecule has 4 heteroatoms. The van der Waals surface area contributed by atoms with Crippen molar-refractivity contribution in [2.75, 3.05) is 0 Å². The van der Waals surface area contributed by atoms with Crippen LogP contribution in [0.15, 0.2) is 42.5 Å². The molecule has 3 rings (SSSR count). The SMILES string of the molecule is O=C1c2ccccc2C(=O)c2c([Se]Cl)cccc21. The van der Waals surface area contributed by atoms with Crippen LogP contribution in [-0.4, -0.2) is 25.6 Å². The topological polar surface area (TPSA) is 34.1 Å². The van der Waals surface area contributed by atoms with Crippen LogP contribution >= 0.6 is 10.1 Å². The fraction of sp³-hybridized carbons (Fsp3) is 0. The van der Waals surface area contributed by atoms with Gasteiger partial charge in [-0.25, -0.2) is 0 Å². The number of carbonyl (C=O) groups excluding carboxylic acids is 2. The summed E-state index contributed by atoms with van der Waals surface area (Å²) in [6.07, 6.45) is 0. The minimum atomic E-state index is -0.326. The average Bonchev–Trinajstić information content (AvgIpc) is 2.44. The third-order valence-corrected chi connectivity index (χ3v) is 4.92. The van der Waals surface area contributed by atoms with Crippen LogP contribution in [0.25, 0.3) is 0 Å². The van der Waals surface area contributed by atoms with Crippen molar-refractivity contribution >= 4 is 40.2 Å². The Morgan fingerprint density at radius 2 is 1.39 bits per heavy atom. The van der Waals surface area contributed by atoms with E-state index in [1.165, 1.54) is 0 Å². The number of hydrogen-bond acceptors (Lipinski definition) is 2. The number of fused-ring (bicyclic) bond motifs is 2. The van der Waals surface area contributed by atoms with Crippen molar-refractivity contribution in [3.05, 3.63) is 64.7 Å². The molecular weight excluding hydrogens is 315 g/mol. The second kappa shape index (κ2) is 4.36. The maximum atomic E-state index is 12.4. The van der Waals surface area contributed by atoms with E-state index < -0.39 is 0 Å². The van der Waals surface area contributed by atoms with E-state index in [-0.39, 0.29) is 25.6 Å². The Morgan fingerprint density at radius 3 is 2.06 bits per heavy atom. The molecule has 1 aliphatic rings. The van der Waals surface area contributed by atoms with Crippen LogP contribution in [0.4, 0.5) is 0 Å². The standard InChI is InChI=1S/C14H7ClO2Se/c15-18-11-7-3-6-10-12(11)14(17)9-5-2-1-4-8(9)13(10)16/h1-7H. The Hall–Kier alpha value is -1.41. The summed E-state index contributed by atoms with van der Waals surface area (Å²) in [5.74, 6) is -0.193. The summed E-state index contributed by atoms with van der Waals surface area (Å²) in [7, 11) is 5.90. The third-order valence-electron chi connectivity index (χ3n) is 3.00. The molecule has 0 radical (unpaired) electrons. The molecule has 2 aromatic rings. The predicted octanol–water partition coefficient (Wildman–Crippen LogP) is 1.95. The van der Waals surface area contributed by atoms with E-state index in [2.05, 4.69) is 0 Å². The summed E-state index contributed by atoms with van der Waals surface area (Å²) in [4.78, 5) is 24.8. The van der Waals surface area contributed by atoms with Crippen LogP contribution < -0.4 is 4.46 Å². The monoisotopic (exact) mass is 322 g/mol. The normalized spacial score (nSPS) is 13.2. The molecule has 88 valence electrons. The number of halogens is 1. The molecule has 18 heavy (non-hydrogen) atoms. The molecule has 0 fully saturated rings. The minimum absolute atomic E-state index is 0.0945. The number of rotatable bonds is 1. The van der Waals surface area contributed by atoms with Crippen LogP contribution in [0.3, 0.4) is 0 Å². The second-order valence-corrected chi connectivity index (χ2v) is 6.01. The van der Waals surface area contributed by atoms with Crippen LogP contribution in [0.2, 0.25) is 0 Å². The van der Waals surface area contributed by atoms with Gasteiger partial charge in [0.25, 0.3) is 0 Å². The van der Waals surface area contributed by atoms with Gasteiger partial charge in [-0.3, -0.25) is 0 Å². The first-order chi connectivity index (χ1) is 8.74. The van der Waals surface area contributed by atoms with Gasteiger partial charge in [0.1, 0.15) is 0 Å². The Balaban J connectivity index is 2.34. The molecule has 2 aromatic carbocycles. The van der Waals surface area contributed by atoms with Crippen molar-refractivity contribution in [3.63, 3.8) is 0 Å². The van der Waals surface area contributed by atoms with Crippen molar-refractivity contribution in [2.24, 2.45) is 0 Å². The van der Waals surface area contributed by atoms with Crippen LogP contribution in [0.5, 0.6) is 0 Å². The first-order valence-corrected chi connectivity index (χ1v) is 8.45. The number of benzene rings is 2. The first kappa shape index (κ1) is 11.7. The van der Waals surface area contributed by atoms with Crippen molar-refractivity contribution in [1.29, 1.82) is 0 Å². The van der Waals surface area contributed by atoms with Gasteiger partial charge in [-0.1, -0.05) is 0 Å². The van der Waals surface area contributed by atoms with Gasteiger partial charge in [0.05, 0.1) is 0 Å². The molecule has 0 spiro atoms. The van der Waals surface area contributed by atoms with Gasteiger partial charge in [0.2, 0.25) is 0 Å². The van der Waals surface area contributed by atoms with Crippen LogP contribution in [-0.2, 0) is 0 Å². The van der Waals surface area contributed by atoms with E-state index in [9.17, 15) is 9.59 Å². The van der Waals surface area contributed by atoms with Crippen LogP contribution in [0, 0.1) is 0 Å². The van der Waals surface area contributed by atoms with Gasteiger partial charge in [0.15, 0.2) is 0 Å². The number of carbonyl (C=O) groups is 2. The molecule has 0 heterocycles. The van der Waals surface area contributed by atoms with Crippen molar-refractivity contribution < 1.29 is 9.59 Å². The van der Waals surface area contributed by atoms with Crippen molar-refractivity contribution in [2.45, 2.75) is 0 Å². The molecule has 0 amide bonds. The molecular formula is C14H7ClO2Se. The van der Waals surface area contributed by atoms with Gasteiger partial charge in [0, 0.05) is 0 Å². The fourth-order valence-corrected chi connectivity index (χ4v) is 3.71. The summed E-state index contributed by atoms with van der Waals surface area (Å²) < 4.78 is 0.773. The van der Waals surface area contributed by atoms with E-state index in [0.717, 1.165) is 4.46 Å². The predicted molar refractivity (Wildman–Crippen MR) is 71.0 cm³/mol. The molecule has 0 atom stereocenters. The van der Waals surface area contributed by atoms with Crippen molar-refractivity contribution in [1.82, 2.24) is 0 Å². The summed E-state index contributed by atoms with van der Waals surface area (Å²) in [6, 6.07) is 12.2. The van der Waals surface area contributed by atoms with Gasteiger partial charge in [-0.2, -0.15) is 0 Å². The van der Waals surface area contributed by atoms with Gasteiger partial charge < -0.3 is 0 Å². The molecule has 0 saturated carbocycles. The molecule has 1 aliphatic carbocycles. The number of hydrogen-bond donors (Lipinski definition) is 0. The van der Waals surface area contributed by atoms with E-state index >= 15 is 0 Å². The summed E-state index contributed by atoms with van der Waals surface area (Å²) in [5, 5.41) is 0. The van der Waals surface area contributed by atoms with E-state index in [1.807, 2.05) is 6.07 Å². The van der Waals surface area contributed by atoms with E-state index in [4.69, 9.17) is 10.1 Å². The zero-order chi connectivity index (χ0) is 12.7. The van der Waals surface area contributed by atoms with E-state index in [0.29, 0.717) is 22.3 Å². The molecule has 0 unspecified atom stereocenters. The zero-order valence-corrected chi connectivity index (χ0v) is 11.6. The fourth-order valence-electron chi connectivity index (χ4n) is 2.18. The van der Waals surface area contributed by atoms with E-state index in [1.54, 1.807) is 36.4 Å². The quantitative estimate of drug-likeness (QED) is 0.642. The Labute approximate surface area is 114 Å². The van der Waals surface area contributed by atoms with Crippen LogP contribution in [0.1, 0.15) is 31.8 Å². The summed E-state index contributed by atoms with van der Waals surface area (Å²) in [5.41, 5.74) is 1.91. The molecule has 0 saturated heterocycles. The molecule has 0 bridgehead atoms. The Bertz CT molecular complexity index is 679. The van der Waals surface area contributed by atoms with Crippen molar-refractivity contribution in [3.8, 4) is 0 Å². The molecule has 0 aromatic heterocycles. The maximum absolute atomic E-state index is 12.4. The van der Waals surface area contributed by atoms with Gasteiger partial charge in [-0.05, 0) is 0 Å². The Morgan fingerprint density at radius 1 is 0.778 bits per heavy atom. The molecule has 2 nitrogen and oxygen atoms in total. The Kier molecular flexibility index (Phi) is 2.83. The van der Waals surface area contributed by atoms with Gasteiger partial charge in [-0.15, -0.1) is 0 Å². The van der Waals surface area contributed by atoms with Gasteiger partial charge >= 0.3 is 114 Å². The summed E-state index contributed by atoms with van der Waals surface area (Å²) >= 11 is -0.326. The second-order valence-electron chi connectivity index (χ2n) is 3.96.